The van der Waals surface area contributed by atoms with Gasteiger partial charge in [0.1, 0.15) is 23.0 Å². The second-order valence-electron chi connectivity index (χ2n) is 10.2. The number of hydrogen-bond acceptors (Lipinski definition) is 5. The summed E-state index contributed by atoms with van der Waals surface area (Å²) in [6.07, 6.45) is 4.22. The molecule has 0 bridgehead atoms. The third-order valence-electron chi connectivity index (χ3n) is 7.39. The van der Waals surface area contributed by atoms with Crippen LogP contribution in [0.1, 0.15) is 60.6 Å². The van der Waals surface area contributed by atoms with Gasteiger partial charge in [0.25, 0.3) is 5.91 Å². The molecule has 0 spiro atoms. The molecule has 198 valence electrons. The average Bonchev–Trinajstić information content (AvgIpc) is 2.82. The minimum Gasteiger partial charge on any atom is -0.365 e. The van der Waals surface area contributed by atoms with E-state index in [2.05, 4.69) is 16.7 Å². The molecule has 3 aromatic rings. The fourth-order valence-corrected chi connectivity index (χ4v) is 5.93. The Bertz CT molecular complexity index is 1520. The highest BCUT2D eigenvalue weighted by atomic mass is 35.5. The Morgan fingerprint density at radius 3 is 2.53 bits per heavy atom. The maximum Gasteiger partial charge on any atom is 0.257 e. The lowest BCUT2D eigenvalue weighted by Gasteiger charge is -2.38. The van der Waals surface area contributed by atoms with Crippen LogP contribution in [0.4, 0.5) is 10.1 Å². The molecule has 1 aliphatic carbocycles. The molecule has 2 heterocycles. The van der Waals surface area contributed by atoms with E-state index in [0.29, 0.717) is 34.2 Å². The first-order valence-corrected chi connectivity index (χ1v) is 13.5. The predicted octanol–water partition coefficient (Wildman–Crippen LogP) is 5.16. The first-order valence-electron chi connectivity index (χ1n) is 12.7. The third kappa shape index (κ3) is 4.86. The van der Waals surface area contributed by atoms with Crippen LogP contribution in [0.3, 0.4) is 0 Å². The number of rotatable bonds is 5. The SMILES string of the molecule is C[C@@H]1CN(c2c(F)cc3c(=O)c(C(=O)NCc4ccc(Cl)cc4Cl)cn(C4CCC4)c3c2C#N)C[C@H](C)N1. The van der Waals surface area contributed by atoms with Gasteiger partial charge in [-0.05, 0) is 56.9 Å². The number of fused-ring (bicyclic) bond motifs is 1. The predicted molar refractivity (Wildman–Crippen MR) is 148 cm³/mol. The van der Waals surface area contributed by atoms with Gasteiger partial charge in [-0.2, -0.15) is 5.26 Å². The lowest BCUT2D eigenvalue weighted by molar-refractivity contribution is 0.0949. The molecule has 1 aliphatic heterocycles. The van der Waals surface area contributed by atoms with Crippen molar-refractivity contribution in [1.82, 2.24) is 15.2 Å². The normalized spacial score (nSPS) is 19.7. The largest absolute Gasteiger partial charge is 0.365 e. The third-order valence-corrected chi connectivity index (χ3v) is 7.98. The van der Waals surface area contributed by atoms with Gasteiger partial charge < -0.3 is 20.1 Å². The highest BCUT2D eigenvalue weighted by Crippen LogP contribution is 2.38. The van der Waals surface area contributed by atoms with E-state index in [1.807, 2.05) is 23.3 Å². The van der Waals surface area contributed by atoms with Crippen LogP contribution in [0.25, 0.3) is 10.9 Å². The Labute approximate surface area is 230 Å². The van der Waals surface area contributed by atoms with Gasteiger partial charge in [-0.25, -0.2) is 4.39 Å². The van der Waals surface area contributed by atoms with Crippen molar-refractivity contribution in [2.45, 2.75) is 57.8 Å². The van der Waals surface area contributed by atoms with Gasteiger partial charge in [0.05, 0.1) is 16.6 Å². The van der Waals surface area contributed by atoms with Crippen LogP contribution < -0.4 is 21.0 Å². The van der Waals surface area contributed by atoms with E-state index in [4.69, 9.17) is 23.2 Å². The molecule has 2 N–H and O–H groups in total. The number of carbonyl (C=O) groups excluding carboxylic acids is 1. The van der Waals surface area contributed by atoms with Crippen LogP contribution in [0, 0.1) is 17.1 Å². The summed E-state index contributed by atoms with van der Waals surface area (Å²) in [5.41, 5.74) is 0.655. The highest BCUT2D eigenvalue weighted by molar-refractivity contribution is 6.35. The summed E-state index contributed by atoms with van der Waals surface area (Å²) in [4.78, 5) is 28.6. The van der Waals surface area contributed by atoms with E-state index in [0.717, 1.165) is 19.3 Å². The molecule has 38 heavy (non-hydrogen) atoms. The lowest BCUT2D eigenvalue weighted by Crippen LogP contribution is -2.54. The topological polar surface area (TPSA) is 90.2 Å². The van der Waals surface area contributed by atoms with Crippen molar-refractivity contribution in [3.05, 3.63) is 73.2 Å². The fourth-order valence-electron chi connectivity index (χ4n) is 5.45. The van der Waals surface area contributed by atoms with Gasteiger partial charge in [0.15, 0.2) is 0 Å². The van der Waals surface area contributed by atoms with Crippen molar-refractivity contribution in [2.75, 3.05) is 18.0 Å². The number of amides is 1. The smallest absolute Gasteiger partial charge is 0.257 e. The molecule has 1 saturated carbocycles. The zero-order valence-electron chi connectivity index (χ0n) is 21.2. The van der Waals surface area contributed by atoms with Crippen LogP contribution >= 0.6 is 23.2 Å². The molecule has 0 unspecified atom stereocenters. The Morgan fingerprint density at radius 1 is 1.21 bits per heavy atom. The van der Waals surface area contributed by atoms with Gasteiger partial charge in [-0.3, -0.25) is 9.59 Å². The second kappa shape index (κ2) is 10.6. The van der Waals surface area contributed by atoms with E-state index in [9.17, 15) is 14.9 Å². The zero-order valence-corrected chi connectivity index (χ0v) is 22.7. The summed E-state index contributed by atoms with van der Waals surface area (Å²) in [5, 5.41) is 17.3. The Hall–Kier alpha value is -3.12. The number of anilines is 1. The number of piperazine rings is 1. The number of aromatic nitrogens is 1. The van der Waals surface area contributed by atoms with E-state index in [-0.39, 0.29) is 46.9 Å². The van der Waals surface area contributed by atoms with Crippen molar-refractivity contribution in [2.24, 2.45) is 0 Å². The summed E-state index contributed by atoms with van der Waals surface area (Å²) in [6, 6.07) is 8.55. The summed E-state index contributed by atoms with van der Waals surface area (Å²) in [6.45, 7) is 5.18. The average molecular weight is 556 g/mol. The molecule has 2 aromatic carbocycles. The molecule has 7 nitrogen and oxygen atoms in total. The second-order valence-corrected chi connectivity index (χ2v) is 11.1. The van der Waals surface area contributed by atoms with Gasteiger partial charge in [0, 0.05) is 54.0 Å². The molecule has 1 aromatic heterocycles. The van der Waals surface area contributed by atoms with Gasteiger partial charge in [-0.15, -0.1) is 0 Å². The van der Waals surface area contributed by atoms with Crippen molar-refractivity contribution in [1.29, 1.82) is 5.26 Å². The molecule has 1 amide bonds. The number of pyridine rings is 1. The Morgan fingerprint density at radius 2 is 1.92 bits per heavy atom. The minimum absolute atomic E-state index is 0.0154. The number of halogens is 3. The quantitative estimate of drug-likeness (QED) is 0.453. The molecule has 2 fully saturated rings. The highest BCUT2D eigenvalue weighted by Gasteiger charge is 2.31. The molecular weight excluding hydrogens is 528 g/mol. The van der Waals surface area contributed by atoms with Crippen LogP contribution in [0.5, 0.6) is 0 Å². The molecule has 5 rings (SSSR count). The summed E-state index contributed by atoms with van der Waals surface area (Å²) in [7, 11) is 0. The van der Waals surface area contributed by atoms with Gasteiger partial charge in [0.2, 0.25) is 5.43 Å². The van der Waals surface area contributed by atoms with Crippen LogP contribution in [-0.4, -0.2) is 35.6 Å². The summed E-state index contributed by atoms with van der Waals surface area (Å²) < 4.78 is 17.5. The minimum atomic E-state index is -0.641. The summed E-state index contributed by atoms with van der Waals surface area (Å²) in [5.74, 6) is -1.23. The van der Waals surface area contributed by atoms with E-state index in [1.165, 1.54) is 12.3 Å². The number of nitriles is 1. The van der Waals surface area contributed by atoms with E-state index < -0.39 is 17.2 Å². The van der Waals surface area contributed by atoms with Crippen LogP contribution in [-0.2, 0) is 6.54 Å². The first kappa shape index (κ1) is 26.5. The fraction of sp³-hybridized carbons (Fsp3) is 0.393. The first-order chi connectivity index (χ1) is 18.2. The molecule has 2 atom stereocenters. The summed E-state index contributed by atoms with van der Waals surface area (Å²) >= 11 is 12.2. The monoisotopic (exact) mass is 555 g/mol. The molecule has 1 saturated heterocycles. The van der Waals surface area contributed by atoms with E-state index >= 15 is 4.39 Å². The lowest BCUT2D eigenvalue weighted by atomic mass is 9.91. The standard InChI is InChI=1S/C28H28Cl2FN5O2/c1-15-12-35(13-16(2)34-15)26-21(10-32)25-20(9-24(26)31)27(37)22(14-36(25)19-4-3-5-19)28(38)33-11-17-6-7-18(29)8-23(17)30/h6-9,14-16,19,34H,3-5,11-13H2,1-2H3,(H,33,38)/t15-,16+. The zero-order chi connectivity index (χ0) is 27.1. The van der Waals surface area contributed by atoms with Crippen molar-refractivity contribution < 1.29 is 9.18 Å². The van der Waals surface area contributed by atoms with Gasteiger partial charge in [-0.1, -0.05) is 29.3 Å². The number of nitrogens with zero attached hydrogens (tertiary/aromatic N) is 3. The molecular formula is C28H28Cl2FN5O2. The molecule has 2 aliphatic rings. The van der Waals surface area contributed by atoms with Gasteiger partial charge >= 0.3 is 0 Å². The molecule has 0 radical (unpaired) electrons. The maximum atomic E-state index is 15.7. The number of carbonyl (C=O) groups is 1. The number of benzene rings is 2. The molecule has 10 heteroatoms. The van der Waals surface area contributed by atoms with Crippen LogP contribution in [0.15, 0.2) is 35.3 Å². The van der Waals surface area contributed by atoms with Crippen molar-refractivity contribution in [3.8, 4) is 6.07 Å². The van der Waals surface area contributed by atoms with E-state index in [1.54, 1.807) is 18.2 Å². The Balaban J connectivity index is 1.61. The maximum absolute atomic E-state index is 15.7. The van der Waals surface area contributed by atoms with Crippen LogP contribution in [0.2, 0.25) is 10.0 Å². The Kier molecular flexibility index (Phi) is 7.36. The number of nitrogens with one attached hydrogen (secondary N) is 2. The number of hydrogen-bond donors (Lipinski definition) is 2. The van der Waals surface area contributed by atoms with Crippen molar-refractivity contribution >= 4 is 45.7 Å². The van der Waals surface area contributed by atoms with Crippen molar-refractivity contribution in [3.63, 3.8) is 0 Å².